The predicted molar refractivity (Wildman–Crippen MR) is 74.3 cm³/mol. The average molecular weight is 257 g/mol. The summed E-state index contributed by atoms with van der Waals surface area (Å²) >= 11 is 0. The van der Waals surface area contributed by atoms with Crippen LogP contribution in [0.1, 0.15) is 17.3 Å². The summed E-state index contributed by atoms with van der Waals surface area (Å²) in [7, 11) is 0. The van der Waals surface area contributed by atoms with Gasteiger partial charge in [0.25, 0.3) is 0 Å². The Morgan fingerprint density at radius 2 is 2.21 bits per heavy atom. The Balaban J connectivity index is 2.27. The van der Waals surface area contributed by atoms with E-state index in [0.29, 0.717) is 23.5 Å². The zero-order chi connectivity index (χ0) is 13.7. The normalized spacial score (nSPS) is 9.95. The van der Waals surface area contributed by atoms with E-state index >= 15 is 0 Å². The van der Waals surface area contributed by atoms with E-state index in [0.717, 1.165) is 5.69 Å². The molecule has 5 nitrogen and oxygen atoms in total. The zero-order valence-corrected chi connectivity index (χ0v) is 10.6. The van der Waals surface area contributed by atoms with Gasteiger partial charge in [-0.2, -0.15) is 0 Å². The van der Waals surface area contributed by atoms with E-state index in [4.69, 9.17) is 10.5 Å². The highest BCUT2D eigenvalue weighted by atomic mass is 16.5. The van der Waals surface area contributed by atoms with Crippen LogP contribution in [0.2, 0.25) is 0 Å². The van der Waals surface area contributed by atoms with Crippen molar-refractivity contribution in [3.8, 4) is 0 Å². The largest absolute Gasteiger partial charge is 0.462 e. The van der Waals surface area contributed by atoms with Crippen molar-refractivity contribution in [3.05, 3.63) is 48.3 Å². The summed E-state index contributed by atoms with van der Waals surface area (Å²) in [6.07, 6.45) is 3.36. The number of nitrogens with two attached hydrogens (primary N) is 1. The molecular weight excluding hydrogens is 242 g/mol. The first kappa shape index (κ1) is 12.9. The fourth-order valence-electron chi connectivity index (χ4n) is 1.65. The first-order chi connectivity index (χ1) is 9.22. The van der Waals surface area contributed by atoms with Gasteiger partial charge in [-0.1, -0.05) is 6.07 Å². The van der Waals surface area contributed by atoms with Crippen molar-refractivity contribution < 1.29 is 9.53 Å². The molecule has 0 bridgehead atoms. The number of pyridine rings is 1. The number of rotatable bonds is 4. The lowest BCUT2D eigenvalue weighted by Crippen LogP contribution is -2.09. The number of hydrogen-bond acceptors (Lipinski definition) is 5. The Morgan fingerprint density at radius 1 is 1.37 bits per heavy atom. The number of carbonyl (C=O) groups excluding carboxylic acids is 1. The Hall–Kier alpha value is -2.56. The lowest BCUT2D eigenvalue weighted by molar-refractivity contribution is 0.0527. The molecule has 1 aromatic heterocycles. The minimum atomic E-state index is -0.421. The number of ether oxygens (including phenoxy) is 1. The highest BCUT2D eigenvalue weighted by Gasteiger charge is 2.13. The number of aromatic nitrogens is 1. The van der Waals surface area contributed by atoms with E-state index in [1.54, 1.807) is 37.5 Å². The summed E-state index contributed by atoms with van der Waals surface area (Å²) in [6, 6.07) is 8.87. The van der Waals surface area contributed by atoms with Crippen LogP contribution < -0.4 is 11.1 Å². The molecule has 0 fully saturated rings. The maximum Gasteiger partial charge on any atom is 0.340 e. The van der Waals surface area contributed by atoms with Crippen molar-refractivity contribution in [2.45, 2.75) is 6.92 Å². The molecule has 0 aliphatic rings. The fourth-order valence-corrected chi connectivity index (χ4v) is 1.65. The van der Waals surface area contributed by atoms with Gasteiger partial charge in [0, 0.05) is 6.20 Å². The number of nitrogens with one attached hydrogen (secondary N) is 1. The zero-order valence-electron chi connectivity index (χ0n) is 10.6. The number of anilines is 3. The minimum absolute atomic E-state index is 0.318. The van der Waals surface area contributed by atoms with Crippen LogP contribution in [0, 0.1) is 0 Å². The Bertz CT molecular complexity index is 570. The van der Waals surface area contributed by atoms with E-state index in [1.807, 2.05) is 12.1 Å². The summed E-state index contributed by atoms with van der Waals surface area (Å²) in [4.78, 5) is 15.7. The summed E-state index contributed by atoms with van der Waals surface area (Å²) in [5.41, 5.74) is 8.15. The lowest BCUT2D eigenvalue weighted by atomic mass is 10.1. The van der Waals surface area contributed by atoms with Gasteiger partial charge in [-0.3, -0.25) is 4.98 Å². The molecule has 1 heterocycles. The Kier molecular flexibility index (Phi) is 3.97. The standard InChI is InChI=1S/C14H15N3O2/c1-2-19-14(18)11-6-3-7-12(13(11)15)17-10-5-4-8-16-9-10/h3-9,17H,2,15H2,1H3. The van der Waals surface area contributed by atoms with Gasteiger partial charge in [0.2, 0.25) is 0 Å². The van der Waals surface area contributed by atoms with Gasteiger partial charge in [0.1, 0.15) is 0 Å². The van der Waals surface area contributed by atoms with Gasteiger partial charge in [-0.15, -0.1) is 0 Å². The first-order valence-corrected chi connectivity index (χ1v) is 5.95. The van der Waals surface area contributed by atoms with Crippen LogP contribution in [0.4, 0.5) is 17.1 Å². The van der Waals surface area contributed by atoms with Gasteiger partial charge < -0.3 is 15.8 Å². The molecule has 0 aliphatic carbocycles. The number of benzene rings is 1. The van der Waals surface area contributed by atoms with Gasteiger partial charge in [-0.05, 0) is 31.2 Å². The van der Waals surface area contributed by atoms with Crippen molar-refractivity contribution in [3.63, 3.8) is 0 Å². The smallest absolute Gasteiger partial charge is 0.340 e. The molecule has 0 atom stereocenters. The molecule has 0 aliphatic heterocycles. The van der Waals surface area contributed by atoms with E-state index < -0.39 is 5.97 Å². The van der Waals surface area contributed by atoms with Crippen molar-refractivity contribution in [2.24, 2.45) is 0 Å². The maximum absolute atomic E-state index is 11.7. The number of nitrogens with zero attached hydrogens (tertiary/aromatic N) is 1. The van der Waals surface area contributed by atoms with Crippen LogP contribution in [-0.2, 0) is 4.74 Å². The number of esters is 1. The van der Waals surface area contributed by atoms with Gasteiger partial charge in [-0.25, -0.2) is 4.79 Å². The number of para-hydroxylation sites is 1. The fraction of sp³-hybridized carbons (Fsp3) is 0.143. The van der Waals surface area contributed by atoms with Crippen LogP contribution in [0.25, 0.3) is 0 Å². The average Bonchev–Trinajstić information content (AvgIpc) is 2.42. The van der Waals surface area contributed by atoms with Crippen LogP contribution >= 0.6 is 0 Å². The van der Waals surface area contributed by atoms with Crippen LogP contribution in [0.15, 0.2) is 42.7 Å². The molecule has 19 heavy (non-hydrogen) atoms. The van der Waals surface area contributed by atoms with E-state index in [-0.39, 0.29) is 0 Å². The topological polar surface area (TPSA) is 77.2 Å². The van der Waals surface area contributed by atoms with E-state index in [1.165, 1.54) is 0 Å². The molecule has 5 heteroatoms. The summed E-state index contributed by atoms with van der Waals surface area (Å²) < 4.78 is 4.95. The second-order valence-corrected chi connectivity index (χ2v) is 3.85. The third-order valence-electron chi connectivity index (χ3n) is 2.54. The number of carbonyl (C=O) groups is 1. The second-order valence-electron chi connectivity index (χ2n) is 3.85. The molecule has 3 N–H and O–H groups in total. The summed E-state index contributed by atoms with van der Waals surface area (Å²) in [5.74, 6) is -0.421. The van der Waals surface area contributed by atoms with Crippen molar-refractivity contribution >= 4 is 23.0 Å². The third-order valence-corrected chi connectivity index (χ3v) is 2.54. The highest BCUT2D eigenvalue weighted by Crippen LogP contribution is 2.26. The molecule has 2 aromatic rings. The molecule has 0 saturated carbocycles. The van der Waals surface area contributed by atoms with Gasteiger partial charge in [0.15, 0.2) is 0 Å². The second kappa shape index (κ2) is 5.86. The number of hydrogen-bond donors (Lipinski definition) is 2. The minimum Gasteiger partial charge on any atom is -0.462 e. The molecule has 0 saturated heterocycles. The van der Waals surface area contributed by atoms with Crippen LogP contribution in [-0.4, -0.2) is 17.6 Å². The molecule has 0 unspecified atom stereocenters. The Morgan fingerprint density at radius 3 is 2.89 bits per heavy atom. The van der Waals surface area contributed by atoms with E-state index in [2.05, 4.69) is 10.3 Å². The molecular formula is C14H15N3O2. The molecule has 0 amide bonds. The first-order valence-electron chi connectivity index (χ1n) is 5.95. The summed E-state index contributed by atoms with van der Waals surface area (Å²) in [6.45, 7) is 2.07. The highest BCUT2D eigenvalue weighted by molar-refractivity contribution is 5.98. The lowest BCUT2D eigenvalue weighted by Gasteiger charge is -2.12. The quantitative estimate of drug-likeness (QED) is 0.650. The molecule has 0 radical (unpaired) electrons. The summed E-state index contributed by atoms with van der Waals surface area (Å²) in [5, 5.41) is 3.11. The van der Waals surface area contributed by atoms with Crippen molar-refractivity contribution in [1.82, 2.24) is 4.98 Å². The molecule has 1 aromatic carbocycles. The SMILES string of the molecule is CCOC(=O)c1cccc(Nc2cccnc2)c1N. The van der Waals surface area contributed by atoms with Gasteiger partial charge in [0.05, 0.1) is 35.4 Å². The maximum atomic E-state index is 11.7. The third kappa shape index (κ3) is 3.01. The van der Waals surface area contributed by atoms with Crippen molar-refractivity contribution in [1.29, 1.82) is 0 Å². The molecule has 0 spiro atoms. The Labute approximate surface area is 111 Å². The van der Waals surface area contributed by atoms with Gasteiger partial charge >= 0.3 is 5.97 Å². The molecule has 98 valence electrons. The van der Waals surface area contributed by atoms with Crippen LogP contribution in [0.3, 0.4) is 0 Å². The molecule has 2 rings (SSSR count). The monoisotopic (exact) mass is 257 g/mol. The van der Waals surface area contributed by atoms with Crippen LogP contribution in [0.5, 0.6) is 0 Å². The van der Waals surface area contributed by atoms with E-state index in [9.17, 15) is 4.79 Å². The van der Waals surface area contributed by atoms with Crippen molar-refractivity contribution in [2.75, 3.05) is 17.7 Å². The number of nitrogen functional groups attached to an aromatic ring is 1. The predicted octanol–water partition coefficient (Wildman–Crippen LogP) is 2.58.